The molecular formula is C8H12N6O. The summed E-state index contributed by atoms with van der Waals surface area (Å²) in [6.45, 7) is 3.40. The van der Waals surface area contributed by atoms with Crippen LogP contribution in [0.2, 0.25) is 0 Å². The average molecular weight is 208 g/mol. The molecule has 0 unspecified atom stereocenters. The third kappa shape index (κ3) is 1.82. The van der Waals surface area contributed by atoms with Gasteiger partial charge in [0, 0.05) is 0 Å². The molecule has 0 fully saturated rings. The van der Waals surface area contributed by atoms with E-state index in [-0.39, 0.29) is 11.5 Å². The first-order chi connectivity index (χ1) is 7.20. The van der Waals surface area contributed by atoms with Crippen LogP contribution >= 0.6 is 0 Å². The number of nitrogens with one attached hydrogen (secondary N) is 3. The zero-order valence-electron chi connectivity index (χ0n) is 8.29. The molecule has 0 aliphatic carbocycles. The van der Waals surface area contributed by atoms with Gasteiger partial charge in [0.2, 0.25) is 5.95 Å². The number of anilines is 1. The van der Waals surface area contributed by atoms with Gasteiger partial charge >= 0.3 is 0 Å². The van der Waals surface area contributed by atoms with E-state index >= 15 is 0 Å². The predicted octanol–water partition coefficient (Wildman–Crippen LogP) is -0.662. The lowest BCUT2D eigenvalue weighted by Gasteiger charge is -1.94. The summed E-state index contributed by atoms with van der Waals surface area (Å²) in [5.74, 6) is 0.754. The lowest BCUT2D eigenvalue weighted by atomic mass is 10.5. The monoisotopic (exact) mass is 208 g/mol. The van der Waals surface area contributed by atoms with Gasteiger partial charge in [-0.15, -0.1) is 0 Å². The van der Waals surface area contributed by atoms with Crippen LogP contribution in [0.4, 0.5) is 5.95 Å². The number of H-pyrrole nitrogens is 2. The molecule has 0 bridgehead atoms. The summed E-state index contributed by atoms with van der Waals surface area (Å²) in [5.41, 5.74) is 5.81. The van der Waals surface area contributed by atoms with E-state index in [9.17, 15) is 4.79 Å². The molecule has 0 aliphatic heterocycles. The highest BCUT2D eigenvalue weighted by Gasteiger charge is 2.07. The normalized spacial score (nSPS) is 11.0. The molecule has 2 heterocycles. The van der Waals surface area contributed by atoms with Gasteiger partial charge < -0.3 is 16.0 Å². The highest BCUT2D eigenvalue weighted by Crippen LogP contribution is 2.04. The van der Waals surface area contributed by atoms with Gasteiger partial charge in [-0.3, -0.25) is 9.78 Å². The number of nitrogen functional groups attached to an aromatic ring is 1. The number of aromatic amines is 2. The fourth-order valence-electron chi connectivity index (χ4n) is 1.30. The number of aromatic nitrogens is 4. The first-order valence-corrected chi connectivity index (χ1v) is 4.65. The van der Waals surface area contributed by atoms with Crippen molar-refractivity contribution < 1.29 is 0 Å². The number of fused-ring (bicyclic) bond motifs is 1. The number of hydrogen-bond donors (Lipinski definition) is 4. The lowest BCUT2D eigenvalue weighted by Crippen LogP contribution is -2.13. The molecule has 80 valence electrons. The van der Waals surface area contributed by atoms with E-state index in [0.29, 0.717) is 23.5 Å². The molecule has 7 heteroatoms. The van der Waals surface area contributed by atoms with Gasteiger partial charge in [-0.2, -0.15) is 4.98 Å². The molecule has 0 saturated carbocycles. The maximum atomic E-state index is 11.4. The fourth-order valence-corrected chi connectivity index (χ4v) is 1.30. The van der Waals surface area contributed by atoms with E-state index in [4.69, 9.17) is 5.73 Å². The molecule has 0 amide bonds. The Balaban J connectivity index is 2.46. The van der Waals surface area contributed by atoms with Gasteiger partial charge in [-0.25, -0.2) is 4.98 Å². The minimum absolute atomic E-state index is 0.0778. The zero-order valence-corrected chi connectivity index (χ0v) is 8.29. The van der Waals surface area contributed by atoms with Crippen molar-refractivity contribution in [3.8, 4) is 0 Å². The largest absolute Gasteiger partial charge is 0.369 e. The smallest absolute Gasteiger partial charge is 0.278 e. The van der Waals surface area contributed by atoms with Crippen LogP contribution in [-0.2, 0) is 6.54 Å². The summed E-state index contributed by atoms with van der Waals surface area (Å²) in [7, 11) is 0. The molecular weight excluding hydrogens is 196 g/mol. The van der Waals surface area contributed by atoms with E-state index in [0.717, 1.165) is 6.54 Å². The van der Waals surface area contributed by atoms with Crippen molar-refractivity contribution in [1.29, 1.82) is 0 Å². The Hall–Kier alpha value is -1.89. The highest BCUT2D eigenvalue weighted by molar-refractivity contribution is 5.70. The first-order valence-electron chi connectivity index (χ1n) is 4.65. The van der Waals surface area contributed by atoms with Crippen molar-refractivity contribution in [1.82, 2.24) is 25.3 Å². The number of hydrogen-bond acceptors (Lipinski definition) is 5. The van der Waals surface area contributed by atoms with E-state index in [1.807, 2.05) is 6.92 Å². The predicted molar refractivity (Wildman–Crippen MR) is 56.3 cm³/mol. The number of rotatable bonds is 3. The third-order valence-electron chi connectivity index (χ3n) is 1.97. The molecule has 2 aromatic rings. The topological polar surface area (TPSA) is 112 Å². The van der Waals surface area contributed by atoms with Crippen molar-refractivity contribution in [2.24, 2.45) is 0 Å². The molecule has 2 rings (SSSR count). The van der Waals surface area contributed by atoms with Gasteiger partial charge in [0.1, 0.15) is 5.82 Å². The Morgan fingerprint density at radius 1 is 1.40 bits per heavy atom. The third-order valence-corrected chi connectivity index (χ3v) is 1.97. The van der Waals surface area contributed by atoms with Crippen LogP contribution in [0, 0.1) is 0 Å². The van der Waals surface area contributed by atoms with E-state index in [1.165, 1.54) is 0 Å². The molecule has 0 saturated heterocycles. The van der Waals surface area contributed by atoms with E-state index < -0.39 is 0 Å². The second-order valence-electron chi connectivity index (χ2n) is 3.11. The molecule has 2 aromatic heterocycles. The van der Waals surface area contributed by atoms with Crippen LogP contribution in [0.3, 0.4) is 0 Å². The van der Waals surface area contributed by atoms with Gasteiger partial charge in [0.25, 0.3) is 5.56 Å². The minimum atomic E-state index is -0.298. The maximum Gasteiger partial charge on any atom is 0.278 e. The molecule has 15 heavy (non-hydrogen) atoms. The van der Waals surface area contributed by atoms with Crippen molar-refractivity contribution in [3.63, 3.8) is 0 Å². The number of imidazole rings is 1. The molecule has 0 radical (unpaired) electrons. The molecule has 5 N–H and O–H groups in total. The standard InChI is InChI=1S/C8H12N6O/c1-2-10-3-4-11-5-6(12-4)13-8(9)14-7(5)15/h10H,2-3H2,1H3,(H4,9,11,12,13,14,15). The van der Waals surface area contributed by atoms with Crippen LogP contribution in [0.1, 0.15) is 12.7 Å². The Morgan fingerprint density at radius 2 is 2.20 bits per heavy atom. The van der Waals surface area contributed by atoms with Crippen molar-refractivity contribution in [3.05, 3.63) is 16.2 Å². The molecule has 0 aliphatic rings. The SMILES string of the molecule is CCNCc1nc2nc(N)[nH]c(=O)c2[nH]1. The summed E-state index contributed by atoms with van der Waals surface area (Å²) in [6, 6.07) is 0. The van der Waals surface area contributed by atoms with E-state index in [1.54, 1.807) is 0 Å². The Morgan fingerprint density at radius 3 is 2.93 bits per heavy atom. The molecule has 0 atom stereocenters. The number of nitrogens with zero attached hydrogens (tertiary/aromatic N) is 2. The second-order valence-corrected chi connectivity index (χ2v) is 3.11. The second kappa shape index (κ2) is 3.70. The minimum Gasteiger partial charge on any atom is -0.369 e. The number of nitrogens with two attached hydrogens (primary N) is 1. The van der Waals surface area contributed by atoms with Gasteiger partial charge in [0.05, 0.1) is 6.54 Å². The molecule has 0 spiro atoms. The maximum absolute atomic E-state index is 11.4. The van der Waals surface area contributed by atoms with Crippen molar-refractivity contribution in [2.45, 2.75) is 13.5 Å². The van der Waals surface area contributed by atoms with Crippen LogP contribution in [0.25, 0.3) is 11.2 Å². The van der Waals surface area contributed by atoms with Gasteiger partial charge in [-0.1, -0.05) is 6.92 Å². The lowest BCUT2D eigenvalue weighted by molar-refractivity contribution is 0.699. The Labute approximate surface area is 85.1 Å². The molecule has 7 nitrogen and oxygen atoms in total. The van der Waals surface area contributed by atoms with Crippen molar-refractivity contribution >= 4 is 17.1 Å². The first kappa shape index (κ1) is 9.66. The summed E-state index contributed by atoms with van der Waals surface area (Å²) in [6.07, 6.45) is 0. The van der Waals surface area contributed by atoms with Gasteiger partial charge in [0.15, 0.2) is 11.2 Å². The Kier molecular flexibility index (Phi) is 2.38. The van der Waals surface area contributed by atoms with Crippen LogP contribution in [0.15, 0.2) is 4.79 Å². The van der Waals surface area contributed by atoms with Crippen LogP contribution in [-0.4, -0.2) is 26.5 Å². The molecule has 0 aromatic carbocycles. The summed E-state index contributed by atoms with van der Waals surface area (Å²) in [5, 5.41) is 3.09. The summed E-state index contributed by atoms with van der Waals surface area (Å²) < 4.78 is 0. The Bertz CT molecular complexity index is 527. The summed E-state index contributed by atoms with van der Waals surface area (Å²) >= 11 is 0. The fraction of sp³-hybridized carbons (Fsp3) is 0.375. The van der Waals surface area contributed by atoms with Gasteiger partial charge in [-0.05, 0) is 6.54 Å². The quantitative estimate of drug-likeness (QED) is 0.534. The van der Waals surface area contributed by atoms with Crippen LogP contribution < -0.4 is 16.6 Å². The van der Waals surface area contributed by atoms with Crippen LogP contribution in [0.5, 0.6) is 0 Å². The average Bonchev–Trinajstić information content (AvgIpc) is 2.57. The highest BCUT2D eigenvalue weighted by atomic mass is 16.1. The summed E-state index contributed by atoms with van der Waals surface area (Å²) in [4.78, 5) is 24.8. The van der Waals surface area contributed by atoms with E-state index in [2.05, 4.69) is 25.3 Å². The zero-order chi connectivity index (χ0) is 10.8. The van der Waals surface area contributed by atoms with Crippen molar-refractivity contribution in [2.75, 3.05) is 12.3 Å².